The number of hydrogen-bond donors (Lipinski definition) is 2. The third-order valence-corrected chi connectivity index (χ3v) is 3.08. The maximum absolute atomic E-state index is 11.4. The number of rotatable bonds is 3. The Morgan fingerprint density at radius 1 is 1.46 bits per heavy atom. The molecule has 0 aromatic heterocycles. The second-order valence-corrected chi connectivity index (χ2v) is 4.19. The highest BCUT2D eigenvalue weighted by atomic mass is 35.5. The summed E-state index contributed by atoms with van der Waals surface area (Å²) in [5.74, 6) is 2.69. The molecule has 78 valence electrons. The fourth-order valence-corrected chi connectivity index (χ4v) is 2.41. The van der Waals surface area contributed by atoms with Gasteiger partial charge in [-0.15, -0.1) is 12.4 Å². The van der Waals surface area contributed by atoms with Crippen molar-refractivity contribution >= 4 is 30.1 Å². The van der Waals surface area contributed by atoms with E-state index in [0.29, 0.717) is 13.1 Å². The molecule has 1 saturated heterocycles. The lowest BCUT2D eigenvalue weighted by molar-refractivity contribution is -0.125. The van der Waals surface area contributed by atoms with Gasteiger partial charge >= 0.3 is 0 Å². The Kier molecular flexibility index (Phi) is 7.51. The number of carbonyl (C=O) groups is 1. The minimum absolute atomic E-state index is 0. The van der Waals surface area contributed by atoms with E-state index in [0.717, 1.165) is 24.3 Å². The summed E-state index contributed by atoms with van der Waals surface area (Å²) in [6, 6.07) is 0. The molecule has 0 unspecified atom stereocenters. The number of amides is 1. The summed E-state index contributed by atoms with van der Waals surface area (Å²) in [6.07, 6.45) is 2.06. The Balaban J connectivity index is 0.00000144. The van der Waals surface area contributed by atoms with Gasteiger partial charge in [0.05, 0.1) is 0 Å². The van der Waals surface area contributed by atoms with E-state index in [4.69, 9.17) is 5.73 Å². The highest BCUT2D eigenvalue weighted by Gasteiger charge is 2.20. The van der Waals surface area contributed by atoms with Crippen molar-refractivity contribution in [3.05, 3.63) is 0 Å². The molecule has 0 aliphatic carbocycles. The molecular formula is C8H17ClN2OS. The average molecular weight is 225 g/mol. The van der Waals surface area contributed by atoms with Crippen LogP contribution in [0.1, 0.15) is 12.8 Å². The molecule has 0 aromatic rings. The predicted octanol–water partition coefficient (Wildman–Crippen LogP) is 0.626. The lowest BCUT2D eigenvalue weighted by atomic mass is 10.0. The Bertz CT molecular complexity index is 151. The molecule has 0 spiro atoms. The fourth-order valence-electron chi connectivity index (χ4n) is 1.30. The van der Waals surface area contributed by atoms with Crippen LogP contribution >= 0.6 is 24.2 Å². The molecule has 1 rings (SSSR count). The van der Waals surface area contributed by atoms with Gasteiger partial charge in [0, 0.05) is 19.0 Å². The lowest BCUT2D eigenvalue weighted by Crippen LogP contribution is -2.35. The van der Waals surface area contributed by atoms with Crippen molar-refractivity contribution in [1.29, 1.82) is 0 Å². The van der Waals surface area contributed by atoms with Crippen LogP contribution in [0, 0.1) is 5.92 Å². The van der Waals surface area contributed by atoms with Crippen LogP contribution in [0.25, 0.3) is 0 Å². The molecule has 0 aromatic carbocycles. The molecule has 1 amide bonds. The molecule has 3 N–H and O–H groups in total. The Hall–Kier alpha value is 0.0700. The van der Waals surface area contributed by atoms with Crippen molar-refractivity contribution in [2.45, 2.75) is 12.8 Å². The summed E-state index contributed by atoms with van der Waals surface area (Å²) >= 11 is 1.94. The SMILES string of the molecule is Cl.NCCNC(=O)C1CCSCC1. The van der Waals surface area contributed by atoms with Crippen molar-refractivity contribution in [3.63, 3.8) is 0 Å². The number of nitrogens with two attached hydrogens (primary N) is 1. The van der Waals surface area contributed by atoms with Crippen molar-refractivity contribution in [3.8, 4) is 0 Å². The topological polar surface area (TPSA) is 55.1 Å². The van der Waals surface area contributed by atoms with E-state index < -0.39 is 0 Å². The number of thioether (sulfide) groups is 1. The first-order chi connectivity index (χ1) is 5.84. The largest absolute Gasteiger partial charge is 0.355 e. The molecule has 1 aliphatic heterocycles. The zero-order chi connectivity index (χ0) is 8.81. The van der Waals surface area contributed by atoms with Gasteiger partial charge in [-0.25, -0.2) is 0 Å². The zero-order valence-corrected chi connectivity index (χ0v) is 9.26. The van der Waals surface area contributed by atoms with E-state index in [9.17, 15) is 4.79 Å². The molecule has 1 fully saturated rings. The van der Waals surface area contributed by atoms with Gasteiger partial charge in [-0.05, 0) is 24.3 Å². The highest BCUT2D eigenvalue weighted by Crippen LogP contribution is 2.22. The predicted molar refractivity (Wildman–Crippen MR) is 59.4 cm³/mol. The molecule has 0 saturated carbocycles. The van der Waals surface area contributed by atoms with Crippen LogP contribution in [-0.4, -0.2) is 30.5 Å². The Morgan fingerprint density at radius 2 is 2.08 bits per heavy atom. The summed E-state index contributed by atoms with van der Waals surface area (Å²) in [5, 5.41) is 2.83. The van der Waals surface area contributed by atoms with E-state index in [1.165, 1.54) is 0 Å². The minimum Gasteiger partial charge on any atom is -0.355 e. The third-order valence-electron chi connectivity index (χ3n) is 2.04. The summed E-state index contributed by atoms with van der Waals surface area (Å²) in [5.41, 5.74) is 5.29. The van der Waals surface area contributed by atoms with Crippen molar-refractivity contribution in [2.24, 2.45) is 11.7 Å². The van der Waals surface area contributed by atoms with Crippen LogP contribution in [0.2, 0.25) is 0 Å². The summed E-state index contributed by atoms with van der Waals surface area (Å²) in [7, 11) is 0. The molecule has 3 nitrogen and oxygen atoms in total. The van der Waals surface area contributed by atoms with Crippen LogP contribution in [-0.2, 0) is 4.79 Å². The van der Waals surface area contributed by atoms with E-state index in [2.05, 4.69) is 5.32 Å². The van der Waals surface area contributed by atoms with Gasteiger partial charge in [0.25, 0.3) is 0 Å². The van der Waals surface area contributed by atoms with Gasteiger partial charge in [-0.3, -0.25) is 4.79 Å². The Labute approximate surface area is 89.6 Å². The van der Waals surface area contributed by atoms with Gasteiger partial charge < -0.3 is 11.1 Å². The third kappa shape index (κ3) is 4.74. The van der Waals surface area contributed by atoms with Crippen molar-refractivity contribution < 1.29 is 4.79 Å². The number of nitrogens with one attached hydrogen (secondary N) is 1. The first kappa shape index (κ1) is 13.1. The number of halogens is 1. The summed E-state index contributed by atoms with van der Waals surface area (Å²) in [6.45, 7) is 1.15. The van der Waals surface area contributed by atoms with Gasteiger partial charge in [0.15, 0.2) is 0 Å². The van der Waals surface area contributed by atoms with Crippen LogP contribution in [0.15, 0.2) is 0 Å². The van der Waals surface area contributed by atoms with Crippen molar-refractivity contribution in [2.75, 3.05) is 24.6 Å². The van der Waals surface area contributed by atoms with Gasteiger partial charge in [-0.1, -0.05) is 0 Å². The lowest BCUT2D eigenvalue weighted by Gasteiger charge is -2.20. The second kappa shape index (κ2) is 7.47. The van der Waals surface area contributed by atoms with E-state index in [-0.39, 0.29) is 24.2 Å². The molecule has 0 bridgehead atoms. The molecule has 0 atom stereocenters. The molecular weight excluding hydrogens is 208 g/mol. The Morgan fingerprint density at radius 3 is 2.62 bits per heavy atom. The van der Waals surface area contributed by atoms with E-state index in [1.807, 2.05) is 11.8 Å². The molecule has 1 heterocycles. The molecule has 0 radical (unpaired) electrons. The average Bonchev–Trinajstić information content (AvgIpc) is 2.15. The number of carbonyl (C=O) groups excluding carboxylic acids is 1. The van der Waals surface area contributed by atoms with Crippen LogP contribution in [0.5, 0.6) is 0 Å². The smallest absolute Gasteiger partial charge is 0.223 e. The van der Waals surface area contributed by atoms with Crippen LogP contribution in [0.3, 0.4) is 0 Å². The molecule has 1 aliphatic rings. The molecule has 5 heteroatoms. The highest BCUT2D eigenvalue weighted by molar-refractivity contribution is 7.99. The summed E-state index contributed by atoms with van der Waals surface area (Å²) in [4.78, 5) is 11.4. The second-order valence-electron chi connectivity index (χ2n) is 2.97. The normalized spacial score (nSPS) is 17.6. The van der Waals surface area contributed by atoms with E-state index in [1.54, 1.807) is 0 Å². The standard InChI is InChI=1S/C8H16N2OS.ClH/c9-3-4-10-8(11)7-1-5-12-6-2-7;/h7H,1-6,9H2,(H,10,11);1H. The fraction of sp³-hybridized carbons (Fsp3) is 0.875. The first-order valence-electron chi connectivity index (χ1n) is 4.40. The van der Waals surface area contributed by atoms with Gasteiger partial charge in [-0.2, -0.15) is 11.8 Å². The van der Waals surface area contributed by atoms with Crippen LogP contribution in [0.4, 0.5) is 0 Å². The maximum atomic E-state index is 11.4. The first-order valence-corrected chi connectivity index (χ1v) is 5.55. The maximum Gasteiger partial charge on any atom is 0.223 e. The van der Waals surface area contributed by atoms with Crippen LogP contribution < -0.4 is 11.1 Å². The zero-order valence-electron chi connectivity index (χ0n) is 7.62. The van der Waals surface area contributed by atoms with Gasteiger partial charge in [0.2, 0.25) is 5.91 Å². The van der Waals surface area contributed by atoms with Gasteiger partial charge in [0.1, 0.15) is 0 Å². The number of hydrogen-bond acceptors (Lipinski definition) is 3. The quantitative estimate of drug-likeness (QED) is 0.740. The monoisotopic (exact) mass is 224 g/mol. The molecule has 13 heavy (non-hydrogen) atoms. The van der Waals surface area contributed by atoms with E-state index >= 15 is 0 Å². The van der Waals surface area contributed by atoms with Crippen molar-refractivity contribution in [1.82, 2.24) is 5.32 Å². The summed E-state index contributed by atoms with van der Waals surface area (Å²) < 4.78 is 0. The minimum atomic E-state index is 0.